The molecule has 0 aromatic carbocycles. The Morgan fingerprint density at radius 2 is 1.80 bits per heavy atom. The molecule has 1 saturated carbocycles. The molecular formula is C8H17NO. The third kappa shape index (κ3) is 1.96. The van der Waals surface area contributed by atoms with Gasteiger partial charge < -0.3 is 10.8 Å². The molecule has 1 aliphatic rings. The van der Waals surface area contributed by atoms with E-state index < -0.39 is 0 Å². The molecule has 10 heavy (non-hydrogen) atoms. The molecule has 1 aliphatic carbocycles. The van der Waals surface area contributed by atoms with Gasteiger partial charge in [-0.3, -0.25) is 0 Å². The number of nitrogens with two attached hydrogens (primary N) is 1. The Morgan fingerprint density at radius 3 is 2.20 bits per heavy atom. The first-order chi connectivity index (χ1) is 4.70. The molecule has 0 spiro atoms. The Labute approximate surface area is 62.4 Å². The summed E-state index contributed by atoms with van der Waals surface area (Å²) in [7, 11) is 0. The van der Waals surface area contributed by atoms with Gasteiger partial charge in [0.25, 0.3) is 0 Å². The van der Waals surface area contributed by atoms with E-state index in [0.29, 0.717) is 12.0 Å². The maximum Gasteiger partial charge on any atom is 0.0540 e. The van der Waals surface area contributed by atoms with Crippen molar-refractivity contribution >= 4 is 0 Å². The van der Waals surface area contributed by atoms with Crippen LogP contribution in [0.2, 0.25) is 0 Å². The second-order valence-corrected chi connectivity index (χ2v) is 3.42. The fourth-order valence-corrected chi connectivity index (χ4v) is 1.63. The lowest BCUT2D eigenvalue weighted by Gasteiger charge is -2.27. The summed E-state index contributed by atoms with van der Waals surface area (Å²) >= 11 is 0. The van der Waals surface area contributed by atoms with E-state index in [0.717, 1.165) is 25.7 Å². The standard InChI is InChI=1S/C8H17NO/c1-6(10)7-2-4-8(9)5-3-7/h6-8,10H,2-5,9H2,1H3. The van der Waals surface area contributed by atoms with Crippen LogP contribution in [0, 0.1) is 5.92 Å². The largest absolute Gasteiger partial charge is 0.393 e. The van der Waals surface area contributed by atoms with Crippen molar-refractivity contribution in [1.82, 2.24) is 0 Å². The molecule has 2 heteroatoms. The van der Waals surface area contributed by atoms with E-state index in [2.05, 4.69) is 0 Å². The third-order valence-electron chi connectivity index (χ3n) is 2.50. The summed E-state index contributed by atoms with van der Waals surface area (Å²) in [6, 6.07) is 0.398. The fourth-order valence-electron chi connectivity index (χ4n) is 1.63. The summed E-state index contributed by atoms with van der Waals surface area (Å²) in [5.41, 5.74) is 5.72. The van der Waals surface area contributed by atoms with Gasteiger partial charge in [-0.2, -0.15) is 0 Å². The molecule has 2 nitrogen and oxygen atoms in total. The van der Waals surface area contributed by atoms with Crippen LogP contribution in [-0.2, 0) is 0 Å². The highest BCUT2D eigenvalue weighted by Crippen LogP contribution is 2.25. The monoisotopic (exact) mass is 143 g/mol. The van der Waals surface area contributed by atoms with Crippen LogP contribution in [-0.4, -0.2) is 17.3 Å². The first-order valence-electron chi connectivity index (χ1n) is 4.14. The highest BCUT2D eigenvalue weighted by molar-refractivity contribution is 4.76. The van der Waals surface area contributed by atoms with Gasteiger partial charge in [0, 0.05) is 6.04 Å². The van der Waals surface area contributed by atoms with Crippen molar-refractivity contribution in [3.8, 4) is 0 Å². The Balaban J connectivity index is 2.26. The van der Waals surface area contributed by atoms with Crippen molar-refractivity contribution in [2.75, 3.05) is 0 Å². The van der Waals surface area contributed by atoms with Gasteiger partial charge in [-0.25, -0.2) is 0 Å². The van der Waals surface area contributed by atoms with Crippen LogP contribution in [0.5, 0.6) is 0 Å². The minimum absolute atomic E-state index is 0.132. The van der Waals surface area contributed by atoms with E-state index in [-0.39, 0.29) is 6.10 Å². The SMILES string of the molecule is CC(O)C1CCC(N)CC1. The van der Waals surface area contributed by atoms with Crippen molar-refractivity contribution in [2.45, 2.75) is 44.8 Å². The molecule has 0 radical (unpaired) electrons. The predicted molar refractivity (Wildman–Crippen MR) is 41.6 cm³/mol. The van der Waals surface area contributed by atoms with E-state index >= 15 is 0 Å². The molecule has 0 saturated heterocycles. The molecule has 0 aliphatic heterocycles. The molecule has 60 valence electrons. The van der Waals surface area contributed by atoms with Crippen LogP contribution in [0.3, 0.4) is 0 Å². The van der Waals surface area contributed by atoms with E-state index in [4.69, 9.17) is 5.73 Å². The van der Waals surface area contributed by atoms with Crippen LogP contribution in [0.25, 0.3) is 0 Å². The van der Waals surface area contributed by atoms with Crippen LogP contribution in [0.4, 0.5) is 0 Å². The number of rotatable bonds is 1. The lowest BCUT2D eigenvalue weighted by molar-refractivity contribution is 0.0972. The normalized spacial score (nSPS) is 37.5. The molecule has 0 bridgehead atoms. The summed E-state index contributed by atoms with van der Waals surface area (Å²) in [6.07, 6.45) is 4.27. The van der Waals surface area contributed by atoms with Gasteiger partial charge >= 0.3 is 0 Å². The quantitative estimate of drug-likeness (QED) is 0.572. The summed E-state index contributed by atoms with van der Waals surface area (Å²) in [5.74, 6) is 0.514. The maximum absolute atomic E-state index is 9.22. The first kappa shape index (κ1) is 8.02. The summed E-state index contributed by atoms with van der Waals surface area (Å²) in [4.78, 5) is 0. The van der Waals surface area contributed by atoms with E-state index in [1.165, 1.54) is 0 Å². The zero-order valence-corrected chi connectivity index (χ0v) is 6.59. The topological polar surface area (TPSA) is 46.2 Å². The smallest absolute Gasteiger partial charge is 0.0540 e. The van der Waals surface area contributed by atoms with Crippen LogP contribution in [0.15, 0.2) is 0 Å². The zero-order chi connectivity index (χ0) is 7.56. The number of hydrogen-bond acceptors (Lipinski definition) is 2. The highest BCUT2D eigenvalue weighted by Gasteiger charge is 2.21. The van der Waals surface area contributed by atoms with Gasteiger partial charge in [0.2, 0.25) is 0 Å². The van der Waals surface area contributed by atoms with Crippen molar-refractivity contribution in [3.05, 3.63) is 0 Å². The molecule has 0 amide bonds. The van der Waals surface area contributed by atoms with E-state index in [9.17, 15) is 5.11 Å². The molecule has 0 aromatic heterocycles. The molecule has 1 rings (SSSR count). The van der Waals surface area contributed by atoms with E-state index in [1.54, 1.807) is 0 Å². The third-order valence-corrected chi connectivity index (χ3v) is 2.50. The van der Waals surface area contributed by atoms with Gasteiger partial charge in [0.05, 0.1) is 6.10 Å². The lowest BCUT2D eigenvalue weighted by atomic mass is 9.84. The number of aliphatic hydroxyl groups excluding tert-OH is 1. The number of aliphatic hydroxyl groups is 1. The Kier molecular flexibility index (Phi) is 2.69. The molecule has 1 unspecified atom stereocenters. The molecular weight excluding hydrogens is 126 g/mol. The molecule has 3 N–H and O–H groups in total. The minimum Gasteiger partial charge on any atom is -0.393 e. The van der Waals surface area contributed by atoms with Crippen molar-refractivity contribution in [1.29, 1.82) is 0 Å². The summed E-state index contributed by atoms with van der Waals surface area (Å²) < 4.78 is 0. The van der Waals surface area contributed by atoms with Crippen LogP contribution in [0.1, 0.15) is 32.6 Å². The molecule has 1 atom stereocenters. The summed E-state index contributed by atoms with van der Waals surface area (Å²) in [6.45, 7) is 1.88. The van der Waals surface area contributed by atoms with Crippen molar-refractivity contribution in [3.63, 3.8) is 0 Å². The van der Waals surface area contributed by atoms with Crippen molar-refractivity contribution in [2.24, 2.45) is 11.7 Å². The van der Waals surface area contributed by atoms with Gasteiger partial charge in [-0.15, -0.1) is 0 Å². The van der Waals surface area contributed by atoms with E-state index in [1.807, 2.05) is 6.92 Å². The molecule has 1 fully saturated rings. The van der Waals surface area contributed by atoms with Crippen LogP contribution < -0.4 is 5.73 Å². The Bertz CT molecular complexity index is 95.4. The maximum atomic E-state index is 9.22. The highest BCUT2D eigenvalue weighted by atomic mass is 16.3. The Morgan fingerprint density at radius 1 is 1.30 bits per heavy atom. The van der Waals surface area contributed by atoms with Gasteiger partial charge in [-0.05, 0) is 38.5 Å². The van der Waals surface area contributed by atoms with Gasteiger partial charge in [0.1, 0.15) is 0 Å². The van der Waals surface area contributed by atoms with Gasteiger partial charge in [-0.1, -0.05) is 0 Å². The van der Waals surface area contributed by atoms with Crippen LogP contribution >= 0.6 is 0 Å². The lowest BCUT2D eigenvalue weighted by Crippen LogP contribution is -2.30. The zero-order valence-electron chi connectivity index (χ0n) is 6.59. The van der Waals surface area contributed by atoms with Crippen molar-refractivity contribution < 1.29 is 5.11 Å². The minimum atomic E-state index is -0.132. The molecule has 0 heterocycles. The second-order valence-electron chi connectivity index (χ2n) is 3.42. The molecule has 0 aromatic rings. The van der Waals surface area contributed by atoms with Gasteiger partial charge in [0.15, 0.2) is 0 Å². The number of hydrogen-bond donors (Lipinski definition) is 2. The second kappa shape index (κ2) is 3.35. The Hall–Kier alpha value is -0.0800. The fraction of sp³-hybridized carbons (Fsp3) is 1.00. The predicted octanol–water partition coefficient (Wildman–Crippen LogP) is 0.885. The average Bonchev–Trinajstić information content (AvgIpc) is 1.88. The first-order valence-corrected chi connectivity index (χ1v) is 4.14. The summed E-state index contributed by atoms with van der Waals surface area (Å²) in [5, 5.41) is 9.22. The average molecular weight is 143 g/mol.